The van der Waals surface area contributed by atoms with Gasteiger partial charge in [0.15, 0.2) is 0 Å². The summed E-state index contributed by atoms with van der Waals surface area (Å²) >= 11 is -0.316. The number of unbranched alkanes of at least 4 members (excludes halogenated alkanes) is 1. The first-order valence-corrected chi connectivity index (χ1v) is 20.9. The van der Waals surface area contributed by atoms with E-state index < -0.39 is 11.7 Å². The molecule has 6 heteroatoms. The molecule has 0 unspecified atom stereocenters. The second-order valence-electron chi connectivity index (χ2n) is 13.2. The molecule has 7 rings (SSSR count). The van der Waals surface area contributed by atoms with Crippen molar-refractivity contribution in [3.63, 3.8) is 0 Å². The van der Waals surface area contributed by atoms with Gasteiger partial charge in [-0.1, -0.05) is 0 Å². The van der Waals surface area contributed by atoms with Crippen molar-refractivity contribution in [3.8, 4) is 72.5 Å². The van der Waals surface area contributed by atoms with E-state index >= 15 is 0 Å². The van der Waals surface area contributed by atoms with Crippen LogP contribution in [0, 0.1) is 10.5 Å². The third kappa shape index (κ3) is 7.85. The van der Waals surface area contributed by atoms with Crippen molar-refractivity contribution in [1.82, 2.24) is 4.98 Å². The van der Waals surface area contributed by atoms with Gasteiger partial charge in [0.25, 0.3) is 0 Å². The van der Waals surface area contributed by atoms with E-state index in [9.17, 15) is 13.2 Å². The number of hydrogen-bond acceptors (Lipinski definition) is 2. The van der Waals surface area contributed by atoms with Crippen LogP contribution >= 0.6 is 21.2 Å². The third-order valence-electron chi connectivity index (χ3n) is 9.66. The van der Waals surface area contributed by atoms with Crippen LogP contribution in [0.25, 0.3) is 66.8 Å². The summed E-state index contributed by atoms with van der Waals surface area (Å²) in [5.41, 5.74) is 11.7. The van der Waals surface area contributed by atoms with Gasteiger partial charge in [0.05, 0.1) is 0 Å². The van der Waals surface area contributed by atoms with Crippen LogP contribution in [0.1, 0.15) is 30.9 Å². The molecule has 1 aromatic heterocycles. The van der Waals surface area contributed by atoms with E-state index in [1.807, 2.05) is 42.5 Å². The van der Waals surface area contributed by atoms with E-state index in [1.54, 1.807) is 31.6 Å². The summed E-state index contributed by atoms with van der Waals surface area (Å²) in [5, 5.41) is 0. The number of pyridine rings is 1. The van der Waals surface area contributed by atoms with E-state index in [-0.39, 0.29) is 21.2 Å². The van der Waals surface area contributed by atoms with E-state index in [0.29, 0.717) is 5.56 Å². The number of halogens is 4. The zero-order valence-corrected chi connectivity index (χ0v) is 32.8. The van der Waals surface area contributed by atoms with Crippen molar-refractivity contribution < 1.29 is 17.9 Å². The number of hydrogen-bond donors (Lipinski definition) is 0. The topological polar surface area (TPSA) is 22.1 Å². The van der Waals surface area contributed by atoms with Gasteiger partial charge in [0.2, 0.25) is 0 Å². The van der Waals surface area contributed by atoms with Crippen molar-refractivity contribution in [3.05, 3.63) is 167 Å². The monoisotopic (exact) mass is 831 g/mol. The first-order valence-electron chi connectivity index (χ1n) is 18.1. The molecule has 0 spiro atoms. The van der Waals surface area contributed by atoms with E-state index in [2.05, 4.69) is 91.6 Å². The average Bonchev–Trinajstić information content (AvgIpc) is 3.21. The minimum absolute atomic E-state index is 0.316. The fraction of sp³-hybridized carbons (Fsp3) is 0.146. The Hall–Kier alpha value is -5.21. The second-order valence-corrected chi connectivity index (χ2v) is 16.6. The summed E-state index contributed by atoms with van der Waals surface area (Å²) < 4.78 is 50.3. The molecule has 272 valence electrons. The van der Waals surface area contributed by atoms with Gasteiger partial charge >= 0.3 is 314 Å². The molecule has 1 heterocycles. The molecule has 2 nitrogen and oxygen atoms in total. The summed E-state index contributed by atoms with van der Waals surface area (Å²) in [6.45, 7) is 4.30. The number of rotatable bonds is 11. The van der Waals surface area contributed by atoms with Crippen LogP contribution in [0.2, 0.25) is 0 Å². The Balaban J connectivity index is 1.71. The number of ether oxygens (including phenoxy) is 1. The molecule has 6 aromatic carbocycles. The Morgan fingerprint density at radius 1 is 0.537 bits per heavy atom. The predicted molar refractivity (Wildman–Crippen MR) is 227 cm³/mol. The summed E-state index contributed by atoms with van der Waals surface area (Å²) in [5.74, 6) is 0.733. The average molecular weight is 832 g/mol. The standard InChI is InChI=1S/C48H41F3INO/c1-4-5-29-52-40-23-17-36(18-24-40)45-46(37-19-25-41(54-3)26-20-37)42(33-9-7-6-8-10-33)44(35-15-21-39(22-16-35)48(49,50)51)43(34-13-11-32(2)12-14-34)47(45)38-27-30-53-31-28-38/h6-28,30-31,52H,4-5,29H2,1-3H3. The number of alkyl halides is 4. The summed E-state index contributed by atoms with van der Waals surface area (Å²) in [4.78, 5) is 4.40. The van der Waals surface area contributed by atoms with E-state index in [4.69, 9.17) is 4.74 Å². The van der Waals surface area contributed by atoms with Crippen LogP contribution < -0.4 is 4.74 Å². The van der Waals surface area contributed by atoms with Gasteiger partial charge in [-0.2, -0.15) is 13.2 Å². The SMILES string of the molecule is CCCC[IH]c1ccc(-c2c(-c3ccncc3)c(-c3ccc(C)cc3)c(-c3ccc(C(F)(F)F)cc3)c(-c3ccccc3)c2-c2ccc(OC)cc2)cc1. The molecule has 0 amide bonds. The molecular weight excluding hydrogens is 790 g/mol. The summed E-state index contributed by atoms with van der Waals surface area (Å²) in [7, 11) is 1.65. The molecule has 0 atom stereocenters. The fourth-order valence-corrected chi connectivity index (χ4v) is 9.81. The van der Waals surface area contributed by atoms with Crippen LogP contribution in [0.3, 0.4) is 0 Å². The minimum atomic E-state index is -4.47. The van der Waals surface area contributed by atoms with Gasteiger partial charge in [-0.15, -0.1) is 0 Å². The normalized spacial score (nSPS) is 11.5. The molecule has 54 heavy (non-hydrogen) atoms. The van der Waals surface area contributed by atoms with Crippen LogP contribution in [0.5, 0.6) is 5.75 Å². The van der Waals surface area contributed by atoms with Gasteiger partial charge in [-0.3, -0.25) is 0 Å². The van der Waals surface area contributed by atoms with Crippen molar-refractivity contribution in [2.45, 2.75) is 32.9 Å². The maximum absolute atomic E-state index is 14.0. The van der Waals surface area contributed by atoms with Crippen LogP contribution in [-0.2, 0) is 6.18 Å². The molecule has 0 bridgehead atoms. The number of aryl methyl sites for hydroxylation is 1. The Morgan fingerprint density at radius 3 is 1.43 bits per heavy atom. The number of aromatic nitrogens is 1. The molecule has 7 aromatic rings. The van der Waals surface area contributed by atoms with Gasteiger partial charge in [0, 0.05) is 0 Å². The number of benzene rings is 6. The molecule has 0 saturated carbocycles. The quantitative estimate of drug-likeness (QED) is 0.0736. The predicted octanol–water partition coefficient (Wildman–Crippen LogP) is 14.1. The van der Waals surface area contributed by atoms with Crippen LogP contribution in [-0.4, -0.2) is 16.5 Å². The maximum atomic E-state index is 14.0. The third-order valence-corrected chi connectivity index (χ3v) is 12.8. The Labute approximate surface area is 326 Å². The molecule has 0 aliphatic rings. The van der Waals surface area contributed by atoms with Crippen molar-refractivity contribution in [1.29, 1.82) is 0 Å². The molecule has 0 N–H and O–H groups in total. The Bertz CT molecular complexity index is 2320. The van der Waals surface area contributed by atoms with Gasteiger partial charge in [0.1, 0.15) is 0 Å². The molecule has 0 aliphatic carbocycles. The first-order chi connectivity index (χ1) is 26.3. The fourth-order valence-electron chi connectivity index (χ4n) is 6.96. The molecular formula is C48H41F3INO. The van der Waals surface area contributed by atoms with E-state index in [0.717, 1.165) is 72.5 Å². The van der Waals surface area contributed by atoms with Crippen molar-refractivity contribution >= 4 is 21.2 Å². The van der Waals surface area contributed by atoms with Gasteiger partial charge in [-0.05, 0) is 0 Å². The molecule has 0 saturated heterocycles. The number of nitrogens with zero attached hydrogens (tertiary/aromatic N) is 1. The second kappa shape index (κ2) is 16.4. The zero-order valence-electron chi connectivity index (χ0n) is 30.5. The Kier molecular flexibility index (Phi) is 11.3. The first kappa shape index (κ1) is 37.1. The van der Waals surface area contributed by atoms with E-state index in [1.165, 1.54) is 33.0 Å². The number of methoxy groups -OCH3 is 1. The molecule has 0 radical (unpaired) electrons. The summed E-state index contributed by atoms with van der Waals surface area (Å²) in [6, 6.07) is 45.5. The van der Waals surface area contributed by atoms with Gasteiger partial charge in [-0.25, -0.2) is 0 Å². The van der Waals surface area contributed by atoms with Gasteiger partial charge < -0.3 is 0 Å². The summed E-state index contributed by atoms with van der Waals surface area (Å²) in [6.07, 6.45) is 1.57. The van der Waals surface area contributed by atoms with Crippen molar-refractivity contribution in [2.75, 3.05) is 11.5 Å². The zero-order chi connectivity index (χ0) is 37.7. The van der Waals surface area contributed by atoms with Crippen LogP contribution in [0.4, 0.5) is 13.2 Å². The molecule has 0 aliphatic heterocycles. The molecule has 0 fully saturated rings. The van der Waals surface area contributed by atoms with Crippen LogP contribution in [0.15, 0.2) is 152 Å². The van der Waals surface area contributed by atoms with Crippen molar-refractivity contribution in [2.24, 2.45) is 0 Å². The Morgan fingerprint density at radius 2 is 0.963 bits per heavy atom.